The van der Waals surface area contributed by atoms with E-state index < -0.39 is 9.84 Å². The van der Waals surface area contributed by atoms with E-state index in [1.165, 1.54) is 18.5 Å². The number of amides is 1. The van der Waals surface area contributed by atoms with E-state index >= 15 is 0 Å². The first-order chi connectivity index (χ1) is 12.4. The van der Waals surface area contributed by atoms with Crippen molar-refractivity contribution in [3.05, 3.63) is 54.9 Å². The second kappa shape index (κ2) is 7.49. The number of hydrogen-bond acceptors (Lipinski definition) is 6. The molecule has 0 aliphatic rings. The lowest BCUT2D eigenvalue weighted by molar-refractivity contribution is -0.115. The first-order valence-electron chi connectivity index (χ1n) is 7.97. The highest BCUT2D eigenvalue weighted by atomic mass is 32.2. The Morgan fingerprint density at radius 1 is 1.08 bits per heavy atom. The first-order valence-corrected chi connectivity index (χ1v) is 9.86. The van der Waals surface area contributed by atoms with Gasteiger partial charge >= 0.3 is 0 Å². The Hall–Kier alpha value is -3.00. The van der Waals surface area contributed by atoms with Gasteiger partial charge in [0.15, 0.2) is 9.84 Å². The molecule has 0 fully saturated rings. The van der Waals surface area contributed by atoms with Gasteiger partial charge in [-0.3, -0.25) is 4.79 Å². The van der Waals surface area contributed by atoms with Crippen LogP contribution in [0.2, 0.25) is 0 Å². The van der Waals surface area contributed by atoms with Crippen LogP contribution in [0.25, 0.3) is 10.9 Å². The summed E-state index contributed by atoms with van der Waals surface area (Å²) < 4.78 is 23.5. The van der Waals surface area contributed by atoms with Crippen molar-refractivity contribution in [2.75, 3.05) is 23.4 Å². The third-order valence-electron chi connectivity index (χ3n) is 3.74. The van der Waals surface area contributed by atoms with Crippen molar-refractivity contribution in [2.24, 2.45) is 0 Å². The van der Waals surface area contributed by atoms with Crippen LogP contribution >= 0.6 is 0 Å². The van der Waals surface area contributed by atoms with Crippen LogP contribution in [0.3, 0.4) is 0 Å². The number of benzene rings is 2. The molecular weight excluding hydrogens is 352 g/mol. The van der Waals surface area contributed by atoms with Crippen LogP contribution < -0.4 is 10.6 Å². The average molecular weight is 370 g/mol. The van der Waals surface area contributed by atoms with Gasteiger partial charge in [-0.25, -0.2) is 18.4 Å². The maximum Gasteiger partial charge on any atom is 0.226 e. The lowest BCUT2D eigenvalue weighted by atomic mass is 10.2. The number of nitrogens with one attached hydrogen (secondary N) is 2. The number of sulfone groups is 1. The summed E-state index contributed by atoms with van der Waals surface area (Å²) in [6.45, 7) is 0.355. The van der Waals surface area contributed by atoms with Gasteiger partial charge < -0.3 is 10.6 Å². The molecule has 3 rings (SSSR count). The van der Waals surface area contributed by atoms with Gasteiger partial charge in [-0.2, -0.15) is 0 Å². The molecule has 0 spiro atoms. The summed E-state index contributed by atoms with van der Waals surface area (Å²) in [6.07, 6.45) is 2.79. The zero-order chi connectivity index (χ0) is 18.6. The van der Waals surface area contributed by atoms with Crippen LogP contribution in [-0.4, -0.2) is 37.1 Å². The molecule has 3 aromatic rings. The average Bonchev–Trinajstić information content (AvgIpc) is 2.61. The SMILES string of the molecule is CS(=O)(=O)c1ccc2ncnc(NCCC(=O)Nc3ccccc3)c2c1. The lowest BCUT2D eigenvalue weighted by Gasteiger charge is -2.09. The molecule has 0 radical (unpaired) electrons. The molecule has 0 saturated heterocycles. The topological polar surface area (TPSA) is 101 Å². The largest absolute Gasteiger partial charge is 0.369 e. The fourth-order valence-electron chi connectivity index (χ4n) is 2.45. The Labute approximate surface area is 151 Å². The van der Waals surface area contributed by atoms with Gasteiger partial charge in [-0.15, -0.1) is 0 Å². The second-order valence-corrected chi connectivity index (χ2v) is 7.78. The minimum Gasteiger partial charge on any atom is -0.369 e. The van der Waals surface area contributed by atoms with Crippen molar-refractivity contribution < 1.29 is 13.2 Å². The number of rotatable bonds is 6. The van der Waals surface area contributed by atoms with Crippen LogP contribution in [0.4, 0.5) is 11.5 Å². The van der Waals surface area contributed by atoms with Crippen molar-refractivity contribution in [2.45, 2.75) is 11.3 Å². The van der Waals surface area contributed by atoms with E-state index in [1.54, 1.807) is 6.07 Å². The second-order valence-electron chi connectivity index (χ2n) is 5.76. The monoisotopic (exact) mass is 370 g/mol. The number of nitrogens with zero attached hydrogens (tertiary/aromatic N) is 2. The molecule has 0 atom stereocenters. The number of hydrogen-bond donors (Lipinski definition) is 2. The quantitative estimate of drug-likeness (QED) is 0.691. The highest BCUT2D eigenvalue weighted by Gasteiger charge is 2.11. The molecule has 2 N–H and O–H groups in total. The van der Waals surface area contributed by atoms with E-state index in [4.69, 9.17) is 0 Å². The summed E-state index contributed by atoms with van der Waals surface area (Å²) in [4.78, 5) is 20.5. The van der Waals surface area contributed by atoms with Gasteiger partial charge in [-0.1, -0.05) is 18.2 Å². The van der Waals surface area contributed by atoms with Crippen molar-refractivity contribution >= 4 is 38.2 Å². The molecule has 0 unspecified atom stereocenters. The number of para-hydroxylation sites is 1. The van der Waals surface area contributed by atoms with Crippen LogP contribution in [0, 0.1) is 0 Å². The van der Waals surface area contributed by atoms with Gasteiger partial charge in [0.1, 0.15) is 12.1 Å². The summed E-state index contributed by atoms with van der Waals surface area (Å²) in [7, 11) is -3.33. The molecule has 1 heterocycles. The number of carbonyl (C=O) groups excluding carboxylic acids is 1. The summed E-state index contributed by atoms with van der Waals surface area (Å²) in [5.41, 5.74) is 1.37. The summed E-state index contributed by atoms with van der Waals surface area (Å²) in [6, 6.07) is 13.9. The predicted molar refractivity (Wildman–Crippen MR) is 101 cm³/mol. The maximum absolute atomic E-state index is 12.0. The number of aromatic nitrogens is 2. The molecule has 0 bridgehead atoms. The van der Waals surface area contributed by atoms with Crippen LogP contribution in [0.5, 0.6) is 0 Å². The fraction of sp³-hybridized carbons (Fsp3) is 0.167. The van der Waals surface area contributed by atoms with E-state index in [0.717, 1.165) is 11.9 Å². The van der Waals surface area contributed by atoms with Crippen molar-refractivity contribution in [3.8, 4) is 0 Å². The minimum atomic E-state index is -3.33. The van der Waals surface area contributed by atoms with E-state index in [-0.39, 0.29) is 17.2 Å². The molecule has 26 heavy (non-hydrogen) atoms. The normalized spacial score (nSPS) is 11.3. The summed E-state index contributed by atoms with van der Waals surface area (Å²) in [5.74, 6) is 0.367. The zero-order valence-electron chi connectivity index (χ0n) is 14.1. The number of carbonyl (C=O) groups is 1. The fourth-order valence-corrected chi connectivity index (χ4v) is 3.09. The molecule has 1 amide bonds. The first kappa shape index (κ1) is 17.8. The third-order valence-corrected chi connectivity index (χ3v) is 4.85. The Bertz CT molecular complexity index is 1040. The van der Waals surface area contributed by atoms with E-state index in [2.05, 4.69) is 20.6 Å². The van der Waals surface area contributed by atoms with Gasteiger partial charge in [0.25, 0.3) is 0 Å². The molecule has 134 valence electrons. The summed E-state index contributed by atoms with van der Waals surface area (Å²) >= 11 is 0. The van der Waals surface area contributed by atoms with Gasteiger partial charge in [-0.05, 0) is 30.3 Å². The molecule has 0 saturated carbocycles. The lowest BCUT2D eigenvalue weighted by Crippen LogP contribution is -2.16. The molecule has 7 nitrogen and oxygen atoms in total. The van der Waals surface area contributed by atoms with Gasteiger partial charge in [0.2, 0.25) is 5.91 Å². The molecule has 8 heteroatoms. The van der Waals surface area contributed by atoms with Crippen molar-refractivity contribution in [1.82, 2.24) is 9.97 Å². The van der Waals surface area contributed by atoms with Crippen molar-refractivity contribution in [3.63, 3.8) is 0 Å². The Kier molecular flexibility index (Phi) is 5.13. The number of fused-ring (bicyclic) bond motifs is 1. The minimum absolute atomic E-state index is 0.126. The maximum atomic E-state index is 12.0. The number of anilines is 2. The molecular formula is C18H18N4O3S. The van der Waals surface area contributed by atoms with Gasteiger partial charge in [0, 0.05) is 30.3 Å². The Morgan fingerprint density at radius 2 is 1.85 bits per heavy atom. The van der Waals surface area contributed by atoms with E-state index in [9.17, 15) is 13.2 Å². The molecule has 0 aliphatic heterocycles. The van der Waals surface area contributed by atoms with Crippen LogP contribution in [-0.2, 0) is 14.6 Å². The predicted octanol–water partition coefficient (Wildman–Crippen LogP) is 2.47. The molecule has 2 aromatic carbocycles. The van der Waals surface area contributed by atoms with Gasteiger partial charge in [0.05, 0.1) is 10.4 Å². The third kappa shape index (κ3) is 4.34. The highest BCUT2D eigenvalue weighted by molar-refractivity contribution is 7.90. The zero-order valence-corrected chi connectivity index (χ0v) is 15.0. The van der Waals surface area contributed by atoms with Crippen molar-refractivity contribution in [1.29, 1.82) is 0 Å². The van der Waals surface area contributed by atoms with E-state index in [0.29, 0.717) is 23.3 Å². The molecule has 0 aliphatic carbocycles. The highest BCUT2D eigenvalue weighted by Crippen LogP contribution is 2.22. The Morgan fingerprint density at radius 3 is 2.58 bits per heavy atom. The van der Waals surface area contributed by atoms with E-state index in [1.807, 2.05) is 30.3 Å². The summed E-state index contributed by atoms with van der Waals surface area (Å²) in [5, 5.41) is 6.48. The molecule has 1 aromatic heterocycles. The van der Waals surface area contributed by atoms with Crippen LogP contribution in [0.15, 0.2) is 59.8 Å². The van der Waals surface area contributed by atoms with Crippen LogP contribution in [0.1, 0.15) is 6.42 Å². The smallest absolute Gasteiger partial charge is 0.226 e. The standard InChI is InChI=1S/C18H18N4O3S/c1-26(24,25)14-7-8-16-15(11-14)18(21-12-20-16)19-10-9-17(23)22-13-5-3-2-4-6-13/h2-8,11-12H,9-10H2,1H3,(H,22,23)(H,19,20,21). The Balaban J connectivity index is 1.69.